The van der Waals surface area contributed by atoms with Gasteiger partial charge in [-0.05, 0) is 44.4 Å². The second kappa shape index (κ2) is 8.37. The fourth-order valence-corrected chi connectivity index (χ4v) is 4.97. The molecular formula is C22H26N4O2S. The molecule has 6 nitrogen and oxygen atoms in total. The SMILES string of the molecule is CCCNC(=O)C1CCCN(C(=O)c2cc3c(C)nn(-c4ccccc4)c3s2)C1. The van der Waals surface area contributed by atoms with Crippen LogP contribution < -0.4 is 5.32 Å². The molecule has 3 heterocycles. The standard InChI is InChI=1S/C22H26N4O2S/c1-3-11-23-20(27)16-8-7-12-25(14-16)21(28)19-13-18-15(2)24-26(22(18)29-19)17-9-5-4-6-10-17/h4-6,9-10,13,16H,3,7-8,11-12,14H2,1-2H3,(H,23,27). The van der Waals surface area contributed by atoms with Crippen molar-refractivity contribution < 1.29 is 9.59 Å². The molecule has 1 aromatic carbocycles. The minimum absolute atomic E-state index is 0.0122. The number of thiophene rings is 1. The number of aromatic nitrogens is 2. The van der Waals surface area contributed by atoms with E-state index in [0.717, 1.165) is 40.9 Å². The van der Waals surface area contributed by atoms with Crippen molar-refractivity contribution in [3.63, 3.8) is 0 Å². The van der Waals surface area contributed by atoms with E-state index >= 15 is 0 Å². The molecule has 0 radical (unpaired) electrons. The summed E-state index contributed by atoms with van der Waals surface area (Å²) in [6.45, 7) is 5.89. The van der Waals surface area contributed by atoms with Crippen molar-refractivity contribution in [2.24, 2.45) is 5.92 Å². The lowest BCUT2D eigenvalue weighted by Gasteiger charge is -2.31. The molecule has 1 fully saturated rings. The molecule has 7 heteroatoms. The molecule has 0 aliphatic carbocycles. The van der Waals surface area contributed by atoms with Gasteiger partial charge in [0, 0.05) is 25.0 Å². The number of para-hydroxylation sites is 1. The predicted octanol–water partition coefficient (Wildman–Crippen LogP) is 3.77. The number of aryl methyl sites for hydroxylation is 1. The Balaban J connectivity index is 1.57. The number of piperidine rings is 1. The Morgan fingerprint density at radius 2 is 2.07 bits per heavy atom. The lowest BCUT2D eigenvalue weighted by atomic mass is 9.97. The van der Waals surface area contributed by atoms with Crippen LogP contribution >= 0.6 is 11.3 Å². The Morgan fingerprint density at radius 1 is 1.28 bits per heavy atom. The van der Waals surface area contributed by atoms with Crippen LogP contribution in [0.1, 0.15) is 41.6 Å². The molecule has 1 saturated heterocycles. The molecule has 4 rings (SSSR count). The first-order valence-corrected chi connectivity index (χ1v) is 11.0. The van der Waals surface area contributed by atoms with Crippen molar-refractivity contribution in [1.29, 1.82) is 0 Å². The van der Waals surface area contributed by atoms with Gasteiger partial charge in [0.2, 0.25) is 5.91 Å². The van der Waals surface area contributed by atoms with E-state index in [9.17, 15) is 9.59 Å². The molecule has 2 amide bonds. The van der Waals surface area contributed by atoms with E-state index < -0.39 is 0 Å². The largest absolute Gasteiger partial charge is 0.356 e. The fraction of sp³-hybridized carbons (Fsp3) is 0.409. The zero-order chi connectivity index (χ0) is 20.4. The maximum atomic E-state index is 13.2. The molecule has 29 heavy (non-hydrogen) atoms. The lowest BCUT2D eigenvalue weighted by molar-refractivity contribution is -0.126. The molecule has 0 spiro atoms. The fourth-order valence-electron chi connectivity index (χ4n) is 3.82. The van der Waals surface area contributed by atoms with Gasteiger partial charge in [0.15, 0.2) is 0 Å². The monoisotopic (exact) mass is 410 g/mol. The van der Waals surface area contributed by atoms with Crippen LogP contribution in [0.2, 0.25) is 0 Å². The number of rotatable bonds is 5. The van der Waals surface area contributed by atoms with E-state index in [0.29, 0.717) is 24.5 Å². The Kier molecular flexibility index (Phi) is 5.67. The molecule has 2 aromatic heterocycles. The lowest BCUT2D eigenvalue weighted by Crippen LogP contribution is -2.45. The number of carbonyl (C=O) groups is 2. The van der Waals surface area contributed by atoms with E-state index in [1.54, 1.807) is 0 Å². The summed E-state index contributed by atoms with van der Waals surface area (Å²) in [5, 5.41) is 8.62. The van der Waals surface area contributed by atoms with E-state index in [-0.39, 0.29) is 17.7 Å². The van der Waals surface area contributed by atoms with Crippen LogP contribution in [0.4, 0.5) is 0 Å². The van der Waals surface area contributed by atoms with Gasteiger partial charge in [-0.2, -0.15) is 5.10 Å². The second-order valence-corrected chi connectivity index (χ2v) is 8.57. The Hall–Kier alpha value is -2.67. The van der Waals surface area contributed by atoms with Crippen molar-refractivity contribution in [2.75, 3.05) is 19.6 Å². The highest BCUT2D eigenvalue weighted by Gasteiger charge is 2.30. The summed E-state index contributed by atoms with van der Waals surface area (Å²) in [4.78, 5) is 29.1. The van der Waals surface area contributed by atoms with E-state index in [1.807, 2.05) is 59.8 Å². The Bertz CT molecular complexity index is 1020. The number of nitrogens with zero attached hydrogens (tertiary/aromatic N) is 3. The molecule has 1 unspecified atom stereocenters. The highest BCUT2D eigenvalue weighted by atomic mass is 32.1. The maximum absolute atomic E-state index is 13.2. The van der Waals surface area contributed by atoms with Crippen LogP contribution in [0.15, 0.2) is 36.4 Å². The number of hydrogen-bond donors (Lipinski definition) is 1. The van der Waals surface area contributed by atoms with E-state index in [2.05, 4.69) is 10.4 Å². The molecule has 0 bridgehead atoms. The molecule has 1 aliphatic heterocycles. The number of fused-ring (bicyclic) bond motifs is 1. The quantitative estimate of drug-likeness (QED) is 0.696. The topological polar surface area (TPSA) is 67.2 Å². The molecule has 3 aromatic rings. The van der Waals surface area contributed by atoms with Crippen molar-refractivity contribution in [1.82, 2.24) is 20.0 Å². The summed E-state index contributed by atoms with van der Waals surface area (Å²) in [7, 11) is 0. The zero-order valence-electron chi connectivity index (χ0n) is 16.9. The van der Waals surface area contributed by atoms with Crippen molar-refractivity contribution in [3.8, 4) is 5.69 Å². The van der Waals surface area contributed by atoms with Crippen LogP contribution in [0.5, 0.6) is 0 Å². The third-order valence-corrected chi connectivity index (χ3v) is 6.48. The molecule has 0 saturated carbocycles. The van der Waals surface area contributed by atoms with E-state index in [1.165, 1.54) is 11.3 Å². The number of nitrogens with one attached hydrogen (secondary N) is 1. The molecule has 1 atom stereocenters. The summed E-state index contributed by atoms with van der Waals surface area (Å²) >= 11 is 1.47. The predicted molar refractivity (Wildman–Crippen MR) is 116 cm³/mol. The second-order valence-electron chi connectivity index (χ2n) is 7.54. The number of likely N-dealkylation sites (tertiary alicyclic amines) is 1. The third-order valence-electron chi connectivity index (χ3n) is 5.38. The van der Waals surface area contributed by atoms with Crippen LogP contribution in [-0.4, -0.2) is 46.1 Å². The molecule has 152 valence electrons. The summed E-state index contributed by atoms with van der Waals surface area (Å²) < 4.78 is 1.91. The van der Waals surface area contributed by atoms with Crippen LogP contribution in [-0.2, 0) is 4.79 Å². The molecular weight excluding hydrogens is 384 g/mol. The number of carbonyl (C=O) groups excluding carboxylic acids is 2. The highest BCUT2D eigenvalue weighted by molar-refractivity contribution is 7.20. The Morgan fingerprint density at radius 3 is 2.83 bits per heavy atom. The van der Waals surface area contributed by atoms with Crippen LogP contribution in [0.25, 0.3) is 15.9 Å². The Labute approximate surface area is 174 Å². The number of amides is 2. The van der Waals surface area contributed by atoms with Crippen molar-refractivity contribution in [3.05, 3.63) is 47.0 Å². The van der Waals surface area contributed by atoms with Crippen molar-refractivity contribution in [2.45, 2.75) is 33.1 Å². The van der Waals surface area contributed by atoms with Gasteiger partial charge in [-0.25, -0.2) is 4.68 Å². The molecule has 1 N–H and O–H groups in total. The minimum atomic E-state index is -0.116. The third kappa shape index (κ3) is 3.92. The first kappa shape index (κ1) is 19.6. The van der Waals surface area contributed by atoms with Gasteiger partial charge < -0.3 is 10.2 Å². The van der Waals surface area contributed by atoms with Crippen LogP contribution in [0, 0.1) is 12.8 Å². The summed E-state index contributed by atoms with van der Waals surface area (Å²) in [6.07, 6.45) is 2.62. The average molecular weight is 411 g/mol. The van der Waals surface area contributed by atoms with Crippen molar-refractivity contribution >= 4 is 33.4 Å². The van der Waals surface area contributed by atoms with Gasteiger partial charge >= 0.3 is 0 Å². The van der Waals surface area contributed by atoms with E-state index in [4.69, 9.17) is 0 Å². The van der Waals surface area contributed by atoms with Gasteiger partial charge in [0.25, 0.3) is 5.91 Å². The normalized spacial score (nSPS) is 16.9. The van der Waals surface area contributed by atoms with Gasteiger partial charge in [0.1, 0.15) is 4.83 Å². The average Bonchev–Trinajstić information content (AvgIpc) is 3.33. The number of benzene rings is 1. The first-order valence-electron chi connectivity index (χ1n) is 10.2. The zero-order valence-corrected chi connectivity index (χ0v) is 17.7. The minimum Gasteiger partial charge on any atom is -0.356 e. The first-order chi connectivity index (χ1) is 14.1. The number of hydrogen-bond acceptors (Lipinski definition) is 4. The van der Waals surface area contributed by atoms with Crippen LogP contribution in [0.3, 0.4) is 0 Å². The van der Waals surface area contributed by atoms with Gasteiger partial charge in [-0.3, -0.25) is 9.59 Å². The van der Waals surface area contributed by atoms with Gasteiger partial charge in [-0.15, -0.1) is 11.3 Å². The molecule has 1 aliphatic rings. The summed E-state index contributed by atoms with van der Waals surface area (Å²) in [5.74, 6) is -0.0374. The van der Waals surface area contributed by atoms with Gasteiger partial charge in [0.05, 0.1) is 22.2 Å². The summed E-state index contributed by atoms with van der Waals surface area (Å²) in [6, 6.07) is 11.9. The summed E-state index contributed by atoms with van der Waals surface area (Å²) in [5.41, 5.74) is 1.90. The highest BCUT2D eigenvalue weighted by Crippen LogP contribution is 2.32. The van der Waals surface area contributed by atoms with Gasteiger partial charge in [-0.1, -0.05) is 25.1 Å². The maximum Gasteiger partial charge on any atom is 0.264 e. The smallest absolute Gasteiger partial charge is 0.264 e.